The summed E-state index contributed by atoms with van der Waals surface area (Å²) >= 11 is 0. The second-order valence-electron chi connectivity index (χ2n) is 11.0. The number of nitriles is 1. The number of hydrogen-bond acceptors (Lipinski definition) is 6. The van der Waals surface area contributed by atoms with Gasteiger partial charge in [-0.15, -0.1) is 0 Å². The van der Waals surface area contributed by atoms with Gasteiger partial charge in [0.05, 0.1) is 18.7 Å². The fourth-order valence-electron chi connectivity index (χ4n) is 6.31. The van der Waals surface area contributed by atoms with Crippen LogP contribution >= 0.6 is 0 Å². The van der Waals surface area contributed by atoms with Gasteiger partial charge < -0.3 is 10.1 Å². The standard InChI is InChI=1S/C32H26F3N5O4/c1-44-26-7-3-6-24-23(26)10-12-32(24,30(43)38-21-16-31(34,35)17-21)40(22-5-2-4-20(33)15-22)29(42)25-8-9-28(41)39(25)27-14-19(18-36)11-13-37-27/h2-9,11,13-15,21,25H,10,12,16-17H2,1H3,(H,38,43)/t25-,32+/m0/s1. The van der Waals surface area contributed by atoms with E-state index in [1.165, 1.54) is 55.8 Å². The van der Waals surface area contributed by atoms with Gasteiger partial charge in [0.2, 0.25) is 0 Å². The highest BCUT2D eigenvalue weighted by Crippen LogP contribution is 2.49. The number of pyridine rings is 1. The molecule has 0 bridgehead atoms. The highest BCUT2D eigenvalue weighted by atomic mass is 19.3. The summed E-state index contributed by atoms with van der Waals surface area (Å²) in [4.78, 5) is 48.8. The van der Waals surface area contributed by atoms with Crippen LogP contribution in [0.2, 0.25) is 0 Å². The monoisotopic (exact) mass is 601 g/mol. The Morgan fingerprint density at radius 1 is 1.16 bits per heavy atom. The number of nitrogens with zero attached hydrogens (tertiary/aromatic N) is 4. The van der Waals surface area contributed by atoms with Gasteiger partial charge in [-0.3, -0.25) is 24.2 Å². The molecule has 224 valence electrons. The molecule has 1 N–H and O–H groups in total. The summed E-state index contributed by atoms with van der Waals surface area (Å²) in [6.07, 6.45) is 3.05. The smallest absolute Gasteiger partial charge is 0.255 e. The number of ether oxygens (including phenoxy) is 1. The average Bonchev–Trinajstić information content (AvgIpc) is 3.58. The average molecular weight is 602 g/mol. The number of benzene rings is 2. The summed E-state index contributed by atoms with van der Waals surface area (Å²) in [7, 11) is 1.47. The van der Waals surface area contributed by atoms with Crippen LogP contribution in [0.3, 0.4) is 0 Å². The molecule has 1 aromatic heterocycles. The Balaban J connectivity index is 1.52. The number of fused-ring (bicyclic) bond motifs is 1. The van der Waals surface area contributed by atoms with Crippen LogP contribution in [0.25, 0.3) is 0 Å². The van der Waals surface area contributed by atoms with Crippen LogP contribution in [-0.2, 0) is 26.3 Å². The Labute approximate surface area is 250 Å². The third-order valence-corrected chi connectivity index (χ3v) is 8.32. The Kier molecular flexibility index (Phi) is 7.11. The van der Waals surface area contributed by atoms with Crippen LogP contribution in [0.15, 0.2) is 72.9 Å². The molecule has 3 aliphatic rings. The van der Waals surface area contributed by atoms with Crippen LogP contribution in [0.5, 0.6) is 5.75 Å². The largest absolute Gasteiger partial charge is 0.496 e. The molecule has 3 amide bonds. The highest BCUT2D eigenvalue weighted by molar-refractivity contribution is 6.16. The van der Waals surface area contributed by atoms with Crippen molar-refractivity contribution < 1.29 is 32.3 Å². The van der Waals surface area contributed by atoms with Crippen molar-refractivity contribution in [3.8, 4) is 11.8 Å². The van der Waals surface area contributed by atoms with E-state index in [0.717, 1.165) is 15.9 Å². The van der Waals surface area contributed by atoms with Gasteiger partial charge in [0.25, 0.3) is 23.6 Å². The van der Waals surface area contributed by atoms with E-state index in [9.17, 15) is 32.8 Å². The number of alkyl halides is 2. The van der Waals surface area contributed by atoms with E-state index in [0.29, 0.717) is 16.9 Å². The predicted molar refractivity (Wildman–Crippen MR) is 152 cm³/mol. The quantitative estimate of drug-likeness (QED) is 0.435. The molecule has 3 aromatic rings. The topological polar surface area (TPSA) is 116 Å². The van der Waals surface area contributed by atoms with Crippen LogP contribution in [0.4, 0.5) is 24.7 Å². The van der Waals surface area contributed by atoms with Crippen molar-refractivity contribution >= 4 is 29.2 Å². The molecule has 2 atom stereocenters. The first-order chi connectivity index (χ1) is 21.1. The van der Waals surface area contributed by atoms with Crippen molar-refractivity contribution in [2.24, 2.45) is 0 Å². The van der Waals surface area contributed by atoms with Crippen molar-refractivity contribution in [2.45, 2.75) is 49.2 Å². The van der Waals surface area contributed by atoms with Crippen molar-refractivity contribution in [3.05, 3.63) is 95.5 Å². The number of nitrogens with one attached hydrogen (secondary N) is 1. The SMILES string of the molecule is COc1cccc2c1CC[C@@]2(C(=O)NC1CC(F)(F)C1)N(C(=O)[C@@H]1C=CC(=O)N1c1cc(C#N)ccn1)c1cccc(F)c1. The molecular formula is C32H26F3N5O4. The Bertz CT molecular complexity index is 1750. The zero-order valence-electron chi connectivity index (χ0n) is 23.5. The maximum atomic E-state index is 14.8. The first-order valence-corrected chi connectivity index (χ1v) is 13.9. The summed E-state index contributed by atoms with van der Waals surface area (Å²) in [5, 5.41) is 12.1. The first-order valence-electron chi connectivity index (χ1n) is 13.9. The summed E-state index contributed by atoms with van der Waals surface area (Å²) in [5.74, 6) is -5.18. The van der Waals surface area contributed by atoms with Crippen LogP contribution in [0.1, 0.15) is 36.0 Å². The van der Waals surface area contributed by atoms with E-state index in [-0.39, 0.29) is 29.9 Å². The second-order valence-corrected chi connectivity index (χ2v) is 11.0. The fraction of sp³-hybridized carbons (Fsp3) is 0.281. The van der Waals surface area contributed by atoms with Gasteiger partial charge in [-0.05, 0) is 60.9 Å². The van der Waals surface area contributed by atoms with Gasteiger partial charge in [-0.2, -0.15) is 5.26 Å². The molecule has 1 fully saturated rings. The molecule has 1 aliphatic heterocycles. The number of amides is 3. The van der Waals surface area contributed by atoms with Crippen molar-refractivity contribution in [1.82, 2.24) is 10.3 Å². The van der Waals surface area contributed by atoms with Crippen LogP contribution in [-0.4, -0.2) is 47.8 Å². The van der Waals surface area contributed by atoms with Gasteiger partial charge in [-0.1, -0.05) is 18.2 Å². The normalized spacial score (nSPS) is 21.8. The second kappa shape index (κ2) is 10.8. The lowest BCUT2D eigenvalue weighted by molar-refractivity contribution is -0.137. The number of hydrogen-bond donors (Lipinski definition) is 1. The summed E-state index contributed by atoms with van der Waals surface area (Å²) in [6.45, 7) is 0. The minimum Gasteiger partial charge on any atom is -0.496 e. The van der Waals surface area contributed by atoms with Crippen molar-refractivity contribution in [2.75, 3.05) is 16.9 Å². The molecule has 0 saturated heterocycles. The van der Waals surface area contributed by atoms with Crippen molar-refractivity contribution in [3.63, 3.8) is 0 Å². The number of carbonyl (C=O) groups excluding carboxylic acids is 3. The van der Waals surface area contributed by atoms with E-state index in [1.807, 2.05) is 6.07 Å². The molecular weight excluding hydrogens is 575 g/mol. The van der Waals surface area contributed by atoms with Gasteiger partial charge >= 0.3 is 0 Å². The van der Waals surface area contributed by atoms with Gasteiger partial charge in [-0.25, -0.2) is 18.2 Å². The maximum absolute atomic E-state index is 14.8. The predicted octanol–water partition coefficient (Wildman–Crippen LogP) is 4.16. The molecule has 6 rings (SSSR count). The summed E-state index contributed by atoms with van der Waals surface area (Å²) in [5.41, 5.74) is -0.578. The molecule has 0 radical (unpaired) electrons. The molecule has 1 saturated carbocycles. The number of carbonyl (C=O) groups is 3. The third kappa shape index (κ3) is 4.74. The van der Waals surface area contributed by atoms with Gasteiger partial charge in [0, 0.05) is 42.4 Å². The van der Waals surface area contributed by atoms with Crippen LogP contribution < -0.4 is 19.9 Å². The molecule has 44 heavy (non-hydrogen) atoms. The molecule has 9 nitrogen and oxygen atoms in total. The summed E-state index contributed by atoms with van der Waals surface area (Å²) in [6, 6.07) is 12.8. The molecule has 0 spiro atoms. The minimum atomic E-state index is -2.92. The number of anilines is 2. The van der Waals surface area contributed by atoms with Crippen molar-refractivity contribution in [1.29, 1.82) is 5.26 Å². The molecule has 0 unspecified atom stereocenters. The van der Waals surface area contributed by atoms with E-state index < -0.39 is 59.9 Å². The van der Waals surface area contributed by atoms with E-state index in [1.54, 1.807) is 18.2 Å². The lowest BCUT2D eigenvalue weighted by Gasteiger charge is -2.44. The number of rotatable bonds is 7. The molecule has 12 heteroatoms. The Hall–Kier alpha value is -5.18. The summed E-state index contributed by atoms with van der Waals surface area (Å²) < 4.78 is 47.9. The molecule has 2 aliphatic carbocycles. The van der Waals surface area contributed by atoms with Gasteiger partial charge in [0.1, 0.15) is 23.4 Å². The van der Waals surface area contributed by atoms with E-state index in [2.05, 4.69) is 10.3 Å². The number of methoxy groups -OCH3 is 1. The van der Waals surface area contributed by atoms with E-state index in [4.69, 9.17) is 4.74 Å². The minimum absolute atomic E-state index is 0.0196. The zero-order chi connectivity index (χ0) is 31.2. The number of aromatic nitrogens is 1. The lowest BCUT2D eigenvalue weighted by atomic mass is 9.83. The van der Waals surface area contributed by atoms with Crippen LogP contribution in [0, 0.1) is 17.1 Å². The lowest BCUT2D eigenvalue weighted by Crippen LogP contribution is -2.64. The number of halogens is 3. The third-order valence-electron chi connectivity index (χ3n) is 8.32. The van der Waals surface area contributed by atoms with E-state index >= 15 is 0 Å². The highest BCUT2D eigenvalue weighted by Gasteiger charge is 2.57. The Morgan fingerprint density at radius 2 is 1.93 bits per heavy atom. The Morgan fingerprint density at radius 3 is 2.64 bits per heavy atom. The van der Waals surface area contributed by atoms with Gasteiger partial charge in [0.15, 0.2) is 5.54 Å². The molecule has 2 aromatic carbocycles. The fourth-order valence-corrected chi connectivity index (χ4v) is 6.31. The maximum Gasteiger partial charge on any atom is 0.255 e. The molecule has 2 heterocycles. The first kappa shape index (κ1) is 28.9. The zero-order valence-corrected chi connectivity index (χ0v) is 23.5.